The summed E-state index contributed by atoms with van der Waals surface area (Å²) >= 11 is 0. The first-order valence-corrected chi connectivity index (χ1v) is 4.89. The van der Waals surface area contributed by atoms with Crippen molar-refractivity contribution in [1.82, 2.24) is 15.5 Å². The molecule has 7 heteroatoms. The lowest BCUT2D eigenvalue weighted by molar-refractivity contribution is -0.137. The number of terminal acetylenes is 1. The Morgan fingerprint density at radius 1 is 1.29 bits per heavy atom. The van der Waals surface area contributed by atoms with Gasteiger partial charge in [-0.1, -0.05) is 5.92 Å². The van der Waals surface area contributed by atoms with Gasteiger partial charge in [-0.05, 0) is 0 Å². The number of amides is 3. The van der Waals surface area contributed by atoms with E-state index in [1.165, 1.54) is 6.92 Å². The fourth-order valence-electron chi connectivity index (χ4n) is 0.993. The van der Waals surface area contributed by atoms with Crippen molar-refractivity contribution in [3.63, 3.8) is 0 Å². The monoisotopic (exact) mass is 241 g/mol. The molecule has 17 heavy (non-hydrogen) atoms. The van der Waals surface area contributed by atoms with Crippen molar-refractivity contribution in [2.24, 2.45) is 0 Å². The van der Waals surface area contributed by atoms with Crippen LogP contribution in [-0.2, 0) is 9.59 Å². The lowest BCUT2D eigenvalue weighted by Crippen LogP contribution is -2.45. The molecule has 3 amide bonds. The highest BCUT2D eigenvalue weighted by Gasteiger charge is 2.14. The van der Waals surface area contributed by atoms with Gasteiger partial charge in [-0.15, -0.1) is 6.42 Å². The highest BCUT2D eigenvalue weighted by atomic mass is 16.4. The van der Waals surface area contributed by atoms with Crippen LogP contribution in [0.4, 0.5) is 4.79 Å². The number of nitrogens with zero attached hydrogens (tertiary/aromatic N) is 1. The number of carboxylic acids is 1. The highest BCUT2D eigenvalue weighted by Crippen LogP contribution is 1.88. The van der Waals surface area contributed by atoms with Gasteiger partial charge in [0.2, 0.25) is 5.91 Å². The summed E-state index contributed by atoms with van der Waals surface area (Å²) in [5.74, 6) is 0.850. The number of rotatable bonds is 6. The quantitative estimate of drug-likeness (QED) is 0.404. The second-order valence-electron chi connectivity index (χ2n) is 3.17. The first-order chi connectivity index (χ1) is 7.97. The van der Waals surface area contributed by atoms with Crippen molar-refractivity contribution in [1.29, 1.82) is 0 Å². The molecular formula is C10H15N3O4. The van der Waals surface area contributed by atoms with E-state index in [-0.39, 0.29) is 25.5 Å². The zero-order chi connectivity index (χ0) is 13.3. The molecule has 3 N–H and O–H groups in total. The largest absolute Gasteiger partial charge is 0.480 e. The van der Waals surface area contributed by atoms with Crippen LogP contribution in [-0.4, -0.2) is 54.1 Å². The standard InChI is InChI=1S/C10H15N3O4/c1-3-6-13(7-9(15)16)10(17)12-5-4-11-8(2)14/h1H,4-7H2,2H3,(H,11,14)(H,12,17)(H,15,16). The zero-order valence-electron chi connectivity index (χ0n) is 9.52. The van der Waals surface area contributed by atoms with Crippen LogP contribution in [0.15, 0.2) is 0 Å². The smallest absolute Gasteiger partial charge is 0.323 e. The molecule has 94 valence electrons. The normalized spacial score (nSPS) is 8.94. The fraction of sp³-hybridized carbons (Fsp3) is 0.500. The topological polar surface area (TPSA) is 98.7 Å². The van der Waals surface area contributed by atoms with Crippen LogP contribution in [0.3, 0.4) is 0 Å². The molecule has 0 radical (unpaired) electrons. The second kappa shape index (κ2) is 7.98. The summed E-state index contributed by atoms with van der Waals surface area (Å²) < 4.78 is 0. The van der Waals surface area contributed by atoms with Gasteiger partial charge >= 0.3 is 12.0 Å². The fourth-order valence-corrected chi connectivity index (χ4v) is 0.993. The van der Waals surface area contributed by atoms with Crippen LogP contribution in [0.25, 0.3) is 0 Å². The number of hydrogen-bond acceptors (Lipinski definition) is 3. The van der Waals surface area contributed by atoms with E-state index < -0.39 is 18.5 Å². The molecule has 0 aromatic rings. The van der Waals surface area contributed by atoms with Crippen molar-refractivity contribution in [2.75, 3.05) is 26.2 Å². The summed E-state index contributed by atoms with van der Waals surface area (Å²) in [5.41, 5.74) is 0. The molecule has 0 aromatic carbocycles. The number of carbonyl (C=O) groups excluding carboxylic acids is 2. The van der Waals surface area contributed by atoms with E-state index in [0.29, 0.717) is 0 Å². The molecule has 0 spiro atoms. The molecule has 0 rings (SSSR count). The number of carbonyl (C=O) groups is 3. The molecule has 0 aliphatic rings. The van der Waals surface area contributed by atoms with Crippen LogP contribution < -0.4 is 10.6 Å². The Labute approximate surface area is 99.2 Å². The molecule has 0 fully saturated rings. The Kier molecular flexibility index (Phi) is 6.94. The van der Waals surface area contributed by atoms with Crippen molar-refractivity contribution in [3.8, 4) is 12.3 Å². The van der Waals surface area contributed by atoms with Crippen LogP contribution >= 0.6 is 0 Å². The predicted molar refractivity (Wildman–Crippen MR) is 60.1 cm³/mol. The number of aliphatic carboxylic acids is 1. The maximum absolute atomic E-state index is 11.5. The lowest BCUT2D eigenvalue weighted by Gasteiger charge is -2.18. The van der Waals surface area contributed by atoms with E-state index in [1.807, 2.05) is 0 Å². The Balaban J connectivity index is 4.02. The summed E-state index contributed by atoms with van der Waals surface area (Å²) in [7, 11) is 0. The molecule has 0 heterocycles. The average molecular weight is 241 g/mol. The maximum atomic E-state index is 11.5. The van der Waals surface area contributed by atoms with Gasteiger partial charge in [-0.3, -0.25) is 9.59 Å². The molecule has 0 saturated heterocycles. The molecule has 0 saturated carbocycles. The number of nitrogens with one attached hydrogen (secondary N) is 2. The van der Waals surface area contributed by atoms with Gasteiger partial charge in [-0.25, -0.2) is 4.79 Å². The van der Waals surface area contributed by atoms with Gasteiger partial charge in [0, 0.05) is 20.0 Å². The minimum absolute atomic E-state index is 0.0850. The highest BCUT2D eigenvalue weighted by molar-refractivity contribution is 5.80. The molecular weight excluding hydrogens is 226 g/mol. The van der Waals surface area contributed by atoms with Crippen molar-refractivity contribution in [2.45, 2.75) is 6.92 Å². The van der Waals surface area contributed by atoms with E-state index in [9.17, 15) is 14.4 Å². The number of urea groups is 1. The minimum atomic E-state index is -1.14. The summed E-state index contributed by atoms with van der Waals surface area (Å²) in [6.07, 6.45) is 5.02. The maximum Gasteiger partial charge on any atom is 0.323 e. The van der Waals surface area contributed by atoms with Crippen LogP contribution in [0, 0.1) is 12.3 Å². The molecule has 0 bridgehead atoms. The average Bonchev–Trinajstić information content (AvgIpc) is 2.22. The molecule has 0 aromatic heterocycles. The Morgan fingerprint density at radius 2 is 1.88 bits per heavy atom. The lowest BCUT2D eigenvalue weighted by atomic mass is 10.5. The second-order valence-corrected chi connectivity index (χ2v) is 3.17. The van der Waals surface area contributed by atoms with Gasteiger partial charge in [0.25, 0.3) is 0 Å². The van der Waals surface area contributed by atoms with E-state index >= 15 is 0 Å². The van der Waals surface area contributed by atoms with Crippen molar-refractivity contribution >= 4 is 17.9 Å². The minimum Gasteiger partial charge on any atom is -0.480 e. The van der Waals surface area contributed by atoms with Gasteiger partial charge in [0.15, 0.2) is 0 Å². The summed E-state index contributed by atoms with van der Waals surface area (Å²) in [6, 6.07) is -0.573. The van der Waals surface area contributed by atoms with Crippen LogP contribution in [0.5, 0.6) is 0 Å². The molecule has 0 unspecified atom stereocenters. The third kappa shape index (κ3) is 7.67. The van der Waals surface area contributed by atoms with Crippen molar-refractivity contribution < 1.29 is 19.5 Å². The Hall–Kier alpha value is -2.23. The Bertz CT molecular complexity index is 335. The van der Waals surface area contributed by atoms with Crippen molar-refractivity contribution in [3.05, 3.63) is 0 Å². The van der Waals surface area contributed by atoms with Gasteiger partial charge in [0.05, 0.1) is 6.54 Å². The Morgan fingerprint density at radius 3 is 2.35 bits per heavy atom. The third-order valence-electron chi connectivity index (χ3n) is 1.67. The first kappa shape index (κ1) is 14.8. The van der Waals surface area contributed by atoms with Gasteiger partial charge in [0.1, 0.15) is 6.54 Å². The van der Waals surface area contributed by atoms with E-state index in [2.05, 4.69) is 16.6 Å². The SMILES string of the molecule is C#CCN(CC(=O)O)C(=O)NCCNC(C)=O. The predicted octanol–water partition coefficient (Wildman–Crippen LogP) is -1.15. The van der Waals surface area contributed by atoms with Gasteiger partial charge < -0.3 is 20.6 Å². The summed E-state index contributed by atoms with van der Waals surface area (Å²) in [5, 5.41) is 13.5. The van der Waals surface area contributed by atoms with E-state index in [4.69, 9.17) is 11.5 Å². The molecule has 7 nitrogen and oxygen atoms in total. The number of hydrogen-bond donors (Lipinski definition) is 3. The number of carboxylic acid groups (broad SMARTS) is 1. The molecule has 0 atom stereocenters. The first-order valence-electron chi connectivity index (χ1n) is 4.89. The van der Waals surface area contributed by atoms with E-state index in [1.54, 1.807) is 0 Å². The third-order valence-corrected chi connectivity index (χ3v) is 1.67. The summed E-state index contributed by atoms with van der Waals surface area (Å²) in [4.78, 5) is 33.4. The molecule has 0 aliphatic carbocycles. The molecule has 0 aliphatic heterocycles. The van der Waals surface area contributed by atoms with Crippen LogP contribution in [0.1, 0.15) is 6.92 Å². The van der Waals surface area contributed by atoms with Gasteiger partial charge in [-0.2, -0.15) is 0 Å². The summed E-state index contributed by atoms with van der Waals surface area (Å²) in [6.45, 7) is 1.29. The van der Waals surface area contributed by atoms with E-state index in [0.717, 1.165) is 4.90 Å². The van der Waals surface area contributed by atoms with Crippen LogP contribution in [0.2, 0.25) is 0 Å². The zero-order valence-corrected chi connectivity index (χ0v) is 9.52.